The van der Waals surface area contributed by atoms with Crippen molar-refractivity contribution in [1.29, 1.82) is 0 Å². The SMILES string of the molecule is C=O.Cc1ccc(OP(Oc2ccc(C)cc2)Oc2ccc(C)cc2)cc1.Cc1ccc(OP(Oc2ccc(C)cc2)Oc2ccc(C)cc2)cc1.[Cl-].[Cl-].[Cl-].[Cl-].[Ru+4]. The molecule has 0 fully saturated rings. The van der Waals surface area contributed by atoms with Gasteiger partial charge in [0.25, 0.3) is 0 Å². The van der Waals surface area contributed by atoms with E-state index in [0.717, 1.165) is 34.5 Å². The molecule has 0 aromatic heterocycles. The van der Waals surface area contributed by atoms with E-state index < -0.39 is 17.2 Å². The molecule has 0 aliphatic heterocycles. The second kappa shape index (κ2) is 29.6. The Balaban J connectivity index is 0. The van der Waals surface area contributed by atoms with Gasteiger partial charge >= 0.3 is 36.7 Å². The van der Waals surface area contributed by atoms with E-state index >= 15 is 0 Å². The van der Waals surface area contributed by atoms with Crippen LogP contribution in [0.3, 0.4) is 0 Å². The van der Waals surface area contributed by atoms with E-state index in [4.69, 9.17) is 31.9 Å². The summed E-state index contributed by atoms with van der Waals surface area (Å²) in [5.41, 5.74) is 7.06. The summed E-state index contributed by atoms with van der Waals surface area (Å²) in [5, 5.41) is 0. The second-order valence-corrected chi connectivity index (χ2v) is 13.9. The average Bonchev–Trinajstić information content (AvgIpc) is 3.15. The van der Waals surface area contributed by atoms with Crippen molar-refractivity contribution in [1.82, 2.24) is 0 Å². The van der Waals surface area contributed by atoms with Gasteiger partial charge in [0.2, 0.25) is 0 Å². The van der Waals surface area contributed by atoms with Crippen molar-refractivity contribution in [3.05, 3.63) is 179 Å². The molecule has 304 valence electrons. The van der Waals surface area contributed by atoms with Gasteiger partial charge in [0.15, 0.2) is 0 Å². The molecule has 0 aliphatic carbocycles. The number of rotatable bonds is 12. The molecule has 0 N–H and O–H groups in total. The number of aryl methyl sites for hydroxylation is 6. The molecule has 0 unspecified atom stereocenters. The van der Waals surface area contributed by atoms with Crippen LogP contribution in [0.2, 0.25) is 0 Å². The zero-order valence-electron chi connectivity index (χ0n) is 32.2. The number of halogens is 4. The second-order valence-electron chi connectivity index (χ2n) is 11.9. The normalized spacial score (nSPS) is 9.33. The first kappa shape index (κ1) is 55.5. The van der Waals surface area contributed by atoms with Crippen molar-refractivity contribution in [2.24, 2.45) is 0 Å². The Labute approximate surface area is 377 Å². The van der Waals surface area contributed by atoms with E-state index in [1.165, 1.54) is 33.4 Å². The smallest absolute Gasteiger partial charge is 1.00 e. The maximum atomic E-state index is 8.00. The van der Waals surface area contributed by atoms with Crippen LogP contribution in [0.25, 0.3) is 0 Å². The van der Waals surface area contributed by atoms with Crippen LogP contribution < -0.4 is 76.8 Å². The zero-order valence-corrected chi connectivity index (χ0v) is 38.7. The first-order valence-electron chi connectivity index (χ1n) is 16.5. The van der Waals surface area contributed by atoms with Gasteiger partial charge in [0, 0.05) is 0 Å². The van der Waals surface area contributed by atoms with E-state index in [2.05, 4.69) is 0 Å². The van der Waals surface area contributed by atoms with Crippen LogP contribution in [0.5, 0.6) is 34.5 Å². The van der Waals surface area contributed by atoms with Crippen LogP contribution in [0.15, 0.2) is 146 Å². The van der Waals surface area contributed by atoms with Crippen LogP contribution in [0.4, 0.5) is 0 Å². The Bertz CT molecular complexity index is 1560. The van der Waals surface area contributed by atoms with Crippen LogP contribution in [-0.4, -0.2) is 6.79 Å². The molecule has 0 saturated carbocycles. The summed E-state index contributed by atoms with van der Waals surface area (Å²) >= 11 is 0. The van der Waals surface area contributed by atoms with Crippen LogP contribution in [0.1, 0.15) is 33.4 Å². The summed E-state index contributed by atoms with van der Waals surface area (Å²) in [5.74, 6) is 4.31. The van der Waals surface area contributed by atoms with Crippen LogP contribution in [-0.2, 0) is 24.3 Å². The van der Waals surface area contributed by atoms with E-state index in [1.807, 2.05) is 194 Å². The fourth-order valence-corrected chi connectivity index (χ4v) is 6.21. The van der Waals surface area contributed by atoms with E-state index in [0.29, 0.717) is 0 Å². The van der Waals surface area contributed by atoms with Gasteiger partial charge in [0.1, 0.15) is 41.3 Å². The Hall–Kier alpha value is -3.57. The quantitative estimate of drug-likeness (QED) is 0.132. The molecule has 14 heteroatoms. The van der Waals surface area contributed by atoms with Gasteiger partial charge < -0.3 is 81.6 Å². The Kier molecular flexibility index (Phi) is 28.9. The molecule has 57 heavy (non-hydrogen) atoms. The molecular formula is C43H44Cl4O7P2Ru. The maximum absolute atomic E-state index is 8.00. The monoisotopic (exact) mass is 976 g/mol. The summed E-state index contributed by atoms with van der Waals surface area (Å²) in [6.45, 7) is 14.2. The van der Waals surface area contributed by atoms with Crippen molar-refractivity contribution < 1.29 is 101 Å². The topological polar surface area (TPSA) is 72.5 Å². The minimum Gasteiger partial charge on any atom is -1.00 e. The Morgan fingerprint density at radius 3 is 0.491 bits per heavy atom. The van der Waals surface area contributed by atoms with Gasteiger partial charge in [0.05, 0.1) is 0 Å². The minimum absolute atomic E-state index is 0. The third-order valence-electron chi connectivity index (χ3n) is 7.21. The largest absolute Gasteiger partial charge is 4.00 e. The van der Waals surface area contributed by atoms with E-state index in [1.54, 1.807) is 0 Å². The molecule has 0 spiro atoms. The maximum Gasteiger partial charge on any atom is 4.00 e. The number of carbonyl (C=O) groups excluding carboxylic acids is 1. The number of hydrogen-bond acceptors (Lipinski definition) is 7. The summed E-state index contributed by atoms with van der Waals surface area (Å²) in [7, 11) is -3.24. The predicted octanol–water partition coefficient (Wildman–Crippen LogP) is 0.580. The summed E-state index contributed by atoms with van der Waals surface area (Å²) in [6, 6.07) is 47.0. The van der Waals surface area contributed by atoms with Gasteiger partial charge in [-0.25, -0.2) is 0 Å². The van der Waals surface area contributed by atoms with Crippen LogP contribution >= 0.6 is 17.2 Å². The molecule has 0 heterocycles. The average molecular weight is 978 g/mol. The molecule has 0 radical (unpaired) electrons. The van der Waals surface area contributed by atoms with E-state index in [9.17, 15) is 0 Å². The summed E-state index contributed by atoms with van der Waals surface area (Å²) < 4.78 is 35.7. The first-order chi connectivity index (χ1) is 25.2. The van der Waals surface area contributed by atoms with Crippen molar-refractivity contribution in [3.63, 3.8) is 0 Å². The molecule has 6 rings (SSSR count). The molecular weight excluding hydrogens is 933 g/mol. The standard InChI is InChI=1S/2C21H21O3P.CH2O.4ClH.Ru/c2*1-16-4-10-19(11-5-16)22-25(23-20-12-6-17(2)7-13-20)24-21-14-8-18(3)9-15-21;1-2;;;;;/h2*4-15H,1-3H3;1H2;4*1H;/q;;;;;;;+4/p-4. The molecule has 0 atom stereocenters. The molecule has 0 bridgehead atoms. The number of benzene rings is 6. The molecule has 0 saturated heterocycles. The van der Waals surface area contributed by atoms with Gasteiger partial charge in [-0.3, -0.25) is 0 Å². The zero-order chi connectivity index (χ0) is 37.3. The summed E-state index contributed by atoms with van der Waals surface area (Å²) in [4.78, 5) is 8.00. The van der Waals surface area contributed by atoms with Gasteiger partial charge in [-0.1, -0.05) is 106 Å². The van der Waals surface area contributed by atoms with Crippen LogP contribution in [0, 0.1) is 41.5 Å². The Morgan fingerprint density at radius 1 is 0.281 bits per heavy atom. The Morgan fingerprint density at radius 2 is 0.386 bits per heavy atom. The third-order valence-corrected chi connectivity index (χ3v) is 9.36. The molecule has 0 amide bonds. The number of carbonyl (C=O) groups is 1. The fourth-order valence-electron chi connectivity index (χ4n) is 4.22. The molecule has 0 aliphatic rings. The fraction of sp³-hybridized carbons (Fsp3) is 0.140. The van der Waals surface area contributed by atoms with Crippen molar-refractivity contribution in [2.45, 2.75) is 41.5 Å². The van der Waals surface area contributed by atoms with Gasteiger partial charge in [-0.2, -0.15) is 0 Å². The number of hydrogen-bond donors (Lipinski definition) is 0. The minimum atomic E-state index is -1.62. The van der Waals surface area contributed by atoms with Crippen molar-refractivity contribution in [2.75, 3.05) is 0 Å². The third kappa shape index (κ3) is 20.6. The van der Waals surface area contributed by atoms with Crippen molar-refractivity contribution >= 4 is 24.0 Å². The molecule has 6 aromatic carbocycles. The van der Waals surface area contributed by atoms with Gasteiger partial charge in [-0.05, 0) is 114 Å². The molecule has 7 nitrogen and oxygen atoms in total. The van der Waals surface area contributed by atoms with Gasteiger partial charge in [-0.15, -0.1) is 0 Å². The first-order valence-corrected chi connectivity index (χ1v) is 18.7. The van der Waals surface area contributed by atoms with Crippen molar-refractivity contribution in [3.8, 4) is 34.5 Å². The molecule has 6 aromatic rings. The van der Waals surface area contributed by atoms with E-state index in [-0.39, 0.29) is 69.1 Å². The predicted molar refractivity (Wildman–Crippen MR) is 212 cm³/mol. The summed E-state index contributed by atoms with van der Waals surface area (Å²) in [6.07, 6.45) is 0.